The lowest BCUT2D eigenvalue weighted by atomic mass is 10.2. The van der Waals surface area contributed by atoms with Crippen molar-refractivity contribution in [3.63, 3.8) is 0 Å². The fourth-order valence-electron chi connectivity index (χ4n) is 1.52. The molecule has 1 N–H and O–H groups in total. The molecule has 0 bridgehead atoms. The van der Waals surface area contributed by atoms with Gasteiger partial charge in [-0.2, -0.15) is 5.10 Å². The van der Waals surface area contributed by atoms with Gasteiger partial charge in [-0.3, -0.25) is 0 Å². The van der Waals surface area contributed by atoms with E-state index in [-0.39, 0.29) is 0 Å². The van der Waals surface area contributed by atoms with Crippen LogP contribution >= 0.6 is 0 Å². The van der Waals surface area contributed by atoms with Crippen LogP contribution in [0.1, 0.15) is 19.2 Å². The molecule has 1 aliphatic rings. The standard InChI is InChI=1S/C9H14N4/c1-2-13-9(11-7-12-13)5-8-3-4-10-6-8/h5,7,10H,2-4,6H2,1H3/b8-5-. The Morgan fingerprint density at radius 1 is 1.69 bits per heavy atom. The molecule has 0 radical (unpaired) electrons. The van der Waals surface area contributed by atoms with Gasteiger partial charge in [0.15, 0.2) is 5.82 Å². The number of nitrogens with zero attached hydrogens (tertiary/aromatic N) is 3. The van der Waals surface area contributed by atoms with Crippen molar-refractivity contribution in [1.29, 1.82) is 0 Å². The molecule has 1 aromatic rings. The number of rotatable bonds is 2. The Bertz CT molecular complexity index is 305. The van der Waals surface area contributed by atoms with Crippen molar-refractivity contribution in [2.24, 2.45) is 0 Å². The van der Waals surface area contributed by atoms with Crippen molar-refractivity contribution in [2.75, 3.05) is 13.1 Å². The molecule has 1 aliphatic heterocycles. The third kappa shape index (κ3) is 1.78. The minimum absolute atomic E-state index is 0.881. The molecule has 1 saturated heterocycles. The molecular formula is C9H14N4. The molecule has 2 rings (SSSR count). The zero-order chi connectivity index (χ0) is 9.10. The maximum absolute atomic E-state index is 4.20. The Morgan fingerprint density at radius 3 is 3.31 bits per heavy atom. The SMILES string of the molecule is CCn1ncnc1/C=C1/CCNC1. The number of hydrogen-bond donors (Lipinski definition) is 1. The van der Waals surface area contributed by atoms with Crippen LogP contribution in [0.3, 0.4) is 0 Å². The second kappa shape index (κ2) is 3.70. The van der Waals surface area contributed by atoms with Crippen molar-refractivity contribution in [2.45, 2.75) is 19.9 Å². The Balaban J connectivity index is 2.20. The lowest BCUT2D eigenvalue weighted by Crippen LogP contribution is -2.05. The van der Waals surface area contributed by atoms with E-state index in [2.05, 4.69) is 28.4 Å². The van der Waals surface area contributed by atoms with E-state index in [1.807, 2.05) is 4.68 Å². The molecule has 4 heteroatoms. The van der Waals surface area contributed by atoms with Gasteiger partial charge in [0.2, 0.25) is 0 Å². The smallest absolute Gasteiger partial charge is 0.150 e. The predicted molar refractivity (Wildman–Crippen MR) is 51.2 cm³/mol. The van der Waals surface area contributed by atoms with E-state index in [1.54, 1.807) is 6.33 Å². The largest absolute Gasteiger partial charge is 0.313 e. The second-order valence-electron chi connectivity index (χ2n) is 3.16. The van der Waals surface area contributed by atoms with E-state index < -0.39 is 0 Å². The minimum atomic E-state index is 0.881. The number of aromatic nitrogens is 3. The van der Waals surface area contributed by atoms with Gasteiger partial charge in [-0.15, -0.1) is 0 Å². The highest BCUT2D eigenvalue weighted by Gasteiger charge is 2.07. The molecule has 0 aromatic carbocycles. The van der Waals surface area contributed by atoms with E-state index in [4.69, 9.17) is 0 Å². The molecule has 70 valence electrons. The molecule has 0 atom stereocenters. The van der Waals surface area contributed by atoms with E-state index in [9.17, 15) is 0 Å². The molecule has 4 nitrogen and oxygen atoms in total. The summed E-state index contributed by atoms with van der Waals surface area (Å²) in [4.78, 5) is 4.20. The summed E-state index contributed by atoms with van der Waals surface area (Å²) in [5.74, 6) is 0.973. The van der Waals surface area contributed by atoms with Gasteiger partial charge in [0.25, 0.3) is 0 Å². The fraction of sp³-hybridized carbons (Fsp3) is 0.556. The number of aryl methyl sites for hydroxylation is 1. The fourth-order valence-corrected chi connectivity index (χ4v) is 1.52. The third-order valence-corrected chi connectivity index (χ3v) is 2.25. The number of hydrogen-bond acceptors (Lipinski definition) is 3. The summed E-state index contributed by atoms with van der Waals surface area (Å²) < 4.78 is 1.91. The Labute approximate surface area is 77.7 Å². The summed E-state index contributed by atoms with van der Waals surface area (Å²) in [5.41, 5.74) is 1.42. The summed E-state index contributed by atoms with van der Waals surface area (Å²) >= 11 is 0. The molecule has 0 saturated carbocycles. The van der Waals surface area contributed by atoms with Crippen LogP contribution in [0.25, 0.3) is 6.08 Å². The normalized spacial score (nSPS) is 19.9. The van der Waals surface area contributed by atoms with Crippen molar-refractivity contribution >= 4 is 6.08 Å². The van der Waals surface area contributed by atoms with Gasteiger partial charge in [-0.25, -0.2) is 9.67 Å². The van der Waals surface area contributed by atoms with Gasteiger partial charge in [0.1, 0.15) is 6.33 Å². The maximum Gasteiger partial charge on any atom is 0.150 e. The average molecular weight is 178 g/mol. The Morgan fingerprint density at radius 2 is 2.62 bits per heavy atom. The molecule has 2 heterocycles. The van der Waals surface area contributed by atoms with Crippen LogP contribution in [-0.4, -0.2) is 27.9 Å². The maximum atomic E-state index is 4.20. The Kier molecular flexibility index (Phi) is 2.40. The molecule has 0 amide bonds. The molecule has 0 spiro atoms. The first kappa shape index (κ1) is 8.44. The van der Waals surface area contributed by atoms with Crippen molar-refractivity contribution in [3.8, 4) is 0 Å². The minimum Gasteiger partial charge on any atom is -0.313 e. The van der Waals surface area contributed by atoms with Crippen LogP contribution in [-0.2, 0) is 6.54 Å². The van der Waals surface area contributed by atoms with Crippen LogP contribution in [0.15, 0.2) is 11.9 Å². The highest BCUT2D eigenvalue weighted by molar-refractivity contribution is 5.46. The third-order valence-electron chi connectivity index (χ3n) is 2.25. The monoisotopic (exact) mass is 178 g/mol. The van der Waals surface area contributed by atoms with E-state index in [1.165, 1.54) is 5.57 Å². The molecule has 0 unspecified atom stereocenters. The van der Waals surface area contributed by atoms with Crippen LogP contribution in [0.5, 0.6) is 0 Å². The van der Waals surface area contributed by atoms with E-state index in [0.29, 0.717) is 0 Å². The molecule has 13 heavy (non-hydrogen) atoms. The molecular weight excluding hydrogens is 164 g/mol. The van der Waals surface area contributed by atoms with Crippen molar-refractivity contribution < 1.29 is 0 Å². The summed E-state index contributed by atoms with van der Waals surface area (Å²) in [6, 6.07) is 0. The lowest BCUT2D eigenvalue weighted by Gasteiger charge is -1.98. The zero-order valence-corrected chi connectivity index (χ0v) is 7.82. The van der Waals surface area contributed by atoms with Gasteiger partial charge in [0.05, 0.1) is 0 Å². The molecule has 1 aromatic heterocycles. The van der Waals surface area contributed by atoms with Crippen LogP contribution in [0.4, 0.5) is 0 Å². The van der Waals surface area contributed by atoms with Crippen LogP contribution in [0.2, 0.25) is 0 Å². The van der Waals surface area contributed by atoms with Crippen LogP contribution < -0.4 is 5.32 Å². The van der Waals surface area contributed by atoms with E-state index in [0.717, 1.165) is 31.9 Å². The molecule has 0 aliphatic carbocycles. The quantitative estimate of drug-likeness (QED) is 0.724. The summed E-state index contributed by atoms with van der Waals surface area (Å²) in [6.07, 6.45) is 4.88. The lowest BCUT2D eigenvalue weighted by molar-refractivity contribution is 0.651. The first-order valence-electron chi connectivity index (χ1n) is 4.68. The van der Waals surface area contributed by atoms with Gasteiger partial charge < -0.3 is 5.32 Å². The molecule has 1 fully saturated rings. The topological polar surface area (TPSA) is 42.7 Å². The second-order valence-corrected chi connectivity index (χ2v) is 3.16. The van der Waals surface area contributed by atoms with Crippen LogP contribution in [0, 0.1) is 0 Å². The van der Waals surface area contributed by atoms with Gasteiger partial charge in [-0.1, -0.05) is 5.57 Å². The van der Waals surface area contributed by atoms with Crippen molar-refractivity contribution in [3.05, 3.63) is 17.7 Å². The van der Waals surface area contributed by atoms with Gasteiger partial charge in [-0.05, 0) is 26.0 Å². The average Bonchev–Trinajstić information content (AvgIpc) is 2.76. The van der Waals surface area contributed by atoms with Gasteiger partial charge in [0, 0.05) is 13.1 Å². The van der Waals surface area contributed by atoms with E-state index >= 15 is 0 Å². The first-order chi connectivity index (χ1) is 6.40. The summed E-state index contributed by atoms with van der Waals surface area (Å²) in [7, 11) is 0. The summed E-state index contributed by atoms with van der Waals surface area (Å²) in [6.45, 7) is 5.04. The Hall–Kier alpha value is -1.16. The predicted octanol–water partition coefficient (Wildman–Crippen LogP) is 0.675. The highest BCUT2D eigenvalue weighted by atomic mass is 15.3. The van der Waals surface area contributed by atoms with Gasteiger partial charge >= 0.3 is 0 Å². The first-order valence-corrected chi connectivity index (χ1v) is 4.68. The number of nitrogens with one attached hydrogen (secondary N) is 1. The zero-order valence-electron chi connectivity index (χ0n) is 7.82. The summed E-state index contributed by atoms with van der Waals surface area (Å²) in [5, 5.41) is 7.41. The highest BCUT2D eigenvalue weighted by Crippen LogP contribution is 2.10. The van der Waals surface area contributed by atoms with Crippen molar-refractivity contribution in [1.82, 2.24) is 20.1 Å².